The van der Waals surface area contributed by atoms with Crippen LogP contribution in [0.3, 0.4) is 0 Å². The van der Waals surface area contributed by atoms with E-state index in [1.807, 2.05) is 30.3 Å². The van der Waals surface area contributed by atoms with Gasteiger partial charge in [-0.25, -0.2) is 8.42 Å². The quantitative estimate of drug-likeness (QED) is 0.946. The molecule has 0 fully saturated rings. The van der Waals surface area contributed by atoms with Gasteiger partial charge in [0.1, 0.15) is 5.75 Å². The number of phenolic OH excluding ortho intramolecular Hbond substituents is 1. The van der Waals surface area contributed by atoms with Gasteiger partial charge in [0.05, 0.1) is 18.0 Å². The fourth-order valence-corrected chi connectivity index (χ4v) is 3.45. The number of hydrogen-bond acceptors (Lipinski definition) is 4. The monoisotopic (exact) mass is 316 g/mol. The maximum Gasteiger partial charge on any atom is 0.247 e. The highest BCUT2D eigenvalue weighted by Crippen LogP contribution is 2.34. The van der Waals surface area contributed by atoms with Crippen molar-refractivity contribution >= 4 is 15.7 Å². The summed E-state index contributed by atoms with van der Waals surface area (Å²) in [6.07, 6.45) is 1.66. The molecule has 1 heterocycles. The average Bonchev–Trinajstić information content (AvgIpc) is 2.94. The van der Waals surface area contributed by atoms with Crippen molar-refractivity contribution in [2.75, 3.05) is 6.26 Å². The number of phenols is 1. The molecule has 1 aliphatic rings. The van der Waals surface area contributed by atoms with Gasteiger partial charge in [0, 0.05) is 6.42 Å². The second-order valence-electron chi connectivity index (χ2n) is 5.26. The summed E-state index contributed by atoms with van der Waals surface area (Å²) in [4.78, 5) is 0. The largest absolute Gasteiger partial charge is 0.508 e. The Morgan fingerprint density at radius 2 is 1.73 bits per heavy atom. The predicted octanol–water partition coefficient (Wildman–Crippen LogP) is 2.50. The highest BCUT2D eigenvalue weighted by molar-refractivity contribution is 7.88. The maximum absolute atomic E-state index is 12.0. The second kappa shape index (κ2) is 5.46. The molecule has 0 saturated carbocycles. The van der Waals surface area contributed by atoms with Crippen LogP contribution < -0.4 is 0 Å². The molecule has 0 spiro atoms. The average molecular weight is 316 g/mol. The Hall–Kier alpha value is -2.34. The second-order valence-corrected chi connectivity index (χ2v) is 7.10. The van der Waals surface area contributed by atoms with Crippen LogP contribution in [0.1, 0.15) is 23.6 Å². The lowest BCUT2D eigenvalue weighted by molar-refractivity contribution is 0.375. The number of benzene rings is 2. The Balaban J connectivity index is 2.00. The third-order valence-corrected chi connectivity index (χ3v) is 4.61. The lowest BCUT2D eigenvalue weighted by atomic mass is 9.99. The number of sulfonamides is 1. The Bertz CT molecular complexity index is 799. The summed E-state index contributed by atoms with van der Waals surface area (Å²) in [6, 6.07) is 15.7. The number of hydrogen-bond donors (Lipinski definition) is 1. The fraction of sp³-hybridized carbons (Fsp3) is 0.188. The minimum Gasteiger partial charge on any atom is -0.508 e. The van der Waals surface area contributed by atoms with Gasteiger partial charge in [-0.05, 0) is 35.4 Å². The van der Waals surface area contributed by atoms with Gasteiger partial charge in [-0.1, -0.05) is 30.3 Å². The lowest BCUT2D eigenvalue weighted by Crippen LogP contribution is -2.25. The molecule has 5 nitrogen and oxygen atoms in total. The third-order valence-electron chi connectivity index (χ3n) is 3.60. The zero-order valence-electron chi connectivity index (χ0n) is 12.0. The molecule has 0 amide bonds. The number of nitrogens with zero attached hydrogens (tertiary/aromatic N) is 2. The zero-order chi connectivity index (χ0) is 15.7. The number of hydrazone groups is 1. The van der Waals surface area contributed by atoms with Gasteiger partial charge in [-0.15, -0.1) is 0 Å². The number of aromatic hydroxyl groups is 1. The Morgan fingerprint density at radius 1 is 1.09 bits per heavy atom. The Labute approximate surface area is 129 Å². The minimum atomic E-state index is -3.45. The van der Waals surface area contributed by atoms with E-state index in [9.17, 15) is 13.5 Å². The van der Waals surface area contributed by atoms with Crippen molar-refractivity contribution in [1.29, 1.82) is 0 Å². The molecule has 6 heteroatoms. The molecule has 2 aromatic carbocycles. The number of rotatable bonds is 3. The minimum absolute atomic E-state index is 0.168. The summed E-state index contributed by atoms with van der Waals surface area (Å²) in [5.41, 5.74) is 2.41. The van der Waals surface area contributed by atoms with E-state index in [1.165, 1.54) is 4.41 Å². The lowest BCUT2D eigenvalue weighted by Gasteiger charge is -2.21. The molecular weight excluding hydrogens is 300 g/mol. The Kier molecular flexibility index (Phi) is 3.62. The van der Waals surface area contributed by atoms with Crippen molar-refractivity contribution in [3.63, 3.8) is 0 Å². The molecule has 0 bridgehead atoms. The van der Waals surface area contributed by atoms with Gasteiger partial charge in [0.15, 0.2) is 0 Å². The van der Waals surface area contributed by atoms with Crippen molar-refractivity contribution in [2.45, 2.75) is 12.5 Å². The summed E-state index contributed by atoms with van der Waals surface area (Å²) in [6.45, 7) is 0. The highest BCUT2D eigenvalue weighted by Gasteiger charge is 2.34. The van der Waals surface area contributed by atoms with E-state index in [4.69, 9.17) is 0 Å². The van der Waals surface area contributed by atoms with E-state index in [-0.39, 0.29) is 11.8 Å². The molecule has 0 aromatic heterocycles. The van der Waals surface area contributed by atoms with E-state index < -0.39 is 10.0 Å². The van der Waals surface area contributed by atoms with Crippen molar-refractivity contribution in [1.82, 2.24) is 4.41 Å². The predicted molar refractivity (Wildman–Crippen MR) is 85.1 cm³/mol. The summed E-state index contributed by atoms with van der Waals surface area (Å²) in [5, 5.41) is 13.7. The summed E-state index contributed by atoms with van der Waals surface area (Å²) >= 11 is 0. The molecule has 0 radical (unpaired) electrons. The van der Waals surface area contributed by atoms with Crippen molar-refractivity contribution in [2.24, 2.45) is 5.10 Å². The van der Waals surface area contributed by atoms with Crippen LogP contribution >= 0.6 is 0 Å². The van der Waals surface area contributed by atoms with Crippen LogP contribution in [0, 0.1) is 0 Å². The first-order valence-corrected chi connectivity index (χ1v) is 8.71. The van der Waals surface area contributed by atoms with E-state index in [2.05, 4.69) is 5.10 Å². The SMILES string of the molecule is CS(=O)(=O)N1N=C(c2ccc(O)cc2)CC1c1ccccc1. The van der Waals surface area contributed by atoms with Crippen LogP contribution in [0.15, 0.2) is 59.7 Å². The Morgan fingerprint density at radius 3 is 2.32 bits per heavy atom. The van der Waals surface area contributed by atoms with E-state index in [0.29, 0.717) is 12.1 Å². The molecule has 1 atom stereocenters. The van der Waals surface area contributed by atoms with Gasteiger partial charge >= 0.3 is 0 Å². The van der Waals surface area contributed by atoms with Gasteiger partial charge in [-0.3, -0.25) is 0 Å². The molecule has 22 heavy (non-hydrogen) atoms. The molecule has 1 unspecified atom stereocenters. The molecule has 3 rings (SSSR count). The van der Waals surface area contributed by atoms with Gasteiger partial charge in [0.25, 0.3) is 0 Å². The van der Waals surface area contributed by atoms with E-state index >= 15 is 0 Å². The third kappa shape index (κ3) is 2.82. The van der Waals surface area contributed by atoms with Gasteiger partial charge in [-0.2, -0.15) is 9.52 Å². The first kappa shape index (κ1) is 14.6. The van der Waals surface area contributed by atoms with Crippen molar-refractivity contribution in [3.8, 4) is 5.75 Å². The molecule has 1 N–H and O–H groups in total. The van der Waals surface area contributed by atoms with Crippen LogP contribution in [-0.2, 0) is 10.0 Å². The smallest absolute Gasteiger partial charge is 0.247 e. The normalized spacial score (nSPS) is 18.3. The highest BCUT2D eigenvalue weighted by atomic mass is 32.2. The topological polar surface area (TPSA) is 70.0 Å². The first-order valence-electron chi connectivity index (χ1n) is 6.86. The summed E-state index contributed by atoms with van der Waals surface area (Å²) in [7, 11) is -3.45. The molecule has 0 saturated heterocycles. The molecule has 114 valence electrons. The van der Waals surface area contributed by atoms with E-state index in [0.717, 1.165) is 17.4 Å². The van der Waals surface area contributed by atoms with Gasteiger partial charge < -0.3 is 5.11 Å². The van der Waals surface area contributed by atoms with Crippen molar-refractivity contribution in [3.05, 3.63) is 65.7 Å². The zero-order valence-corrected chi connectivity index (χ0v) is 12.9. The molecule has 0 aliphatic carbocycles. The maximum atomic E-state index is 12.0. The van der Waals surface area contributed by atoms with Gasteiger partial charge in [0.2, 0.25) is 10.0 Å². The standard InChI is InChI=1S/C16H16N2O3S/c1-22(20,21)18-16(13-5-3-2-4-6-13)11-15(17-18)12-7-9-14(19)10-8-12/h2-10,16,19H,11H2,1H3. The van der Waals surface area contributed by atoms with Crippen LogP contribution in [0.2, 0.25) is 0 Å². The molecule has 1 aliphatic heterocycles. The first-order chi connectivity index (χ1) is 10.4. The van der Waals surface area contributed by atoms with E-state index in [1.54, 1.807) is 24.3 Å². The summed E-state index contributed by atoms with van der Waals surface area (Å²) in [5.74, 6) is 0.168. The molecular formula is C16H16N2O3S. The molecule has 2 aromatic rings. The fourth-order valence-electron chi connectivity index (χ4n) is 2.55. The van der Waals surface area contributed by atoms with Crippen LogP contribution in [-0.4, -0.2) is 29.9 Å². The van der Waals surface area contributed by atoms with Crippen LogP contribution in [0.4, 0.5) is 0 Å². The van der Waals surface area contributed by atoms with Crippen LogP contribution in [0.25, 0.3) is 0 Å². The van der Waals surface area contributed by atoms with Crippen LogP contribution in [0.5, 0.6) is 5.75 Å². The van der Waals surface area contributed by atoms with Crippen molar-refractivity contribution < 1.29 is 13.5 Å². The summed E-state index contributed by atoms with van der Waals surface area (Å²) < 4.78 is 25.2.